The van der Waals surface area contributed by atoms with E-state index in [1.807, 2.05) is 0 Å². The number of ether oxygens (including phenoxy) is 3. The molecule has 0 spiro atoms. The fourth-order valence-corrected chi connectivity index (χ4v) is 2.83. The second-order valence-electron chi connectivity index (χ2n) is 5.28. The minimum absolute atomic E-state index is 0.00962. The number of aromatic nitrogens is 1. The average molecular weight is 343 g/mol. The van der Waals surface area contributed by atoms with Gasteiger partial charge >= 0.3 is 5.97 Å². The summed E-state index contributed by atoms with van der Waals surface area (Å²) in [6, 6.07) is 5.96. The highest BCUT2D eigenvalue weighted by Gasteiger charge is 2.21. The number of phenolic OH excluding ortho intramolecular Hbond substituents is 1. The Bertz CT molecular complexity index is 1040. The number of hydrogen-bond donors (Lipinski definition) is 2. The van der Waals surface area contributed by atoms with Gasteiger partial charge in [-0.05, 0) is 31.2 Å². The molecule has 0 saturated carbocycles. The molecule has 0 unspecified atom stereocenters. The lowest BCUT2D eigenvalue weighted by Crippen LogP contribution is -2.12. The molecule has 3 rings (SSSR count). The highest BCUT2D eigenvalue weighted by molar-refractivity contribution is 6.08. The van der Waals surface area contributed by atoms with E-state index in [1.165, 1.54) is 26.4 Å². The highest BCUT2D eigenvalue weighted by atomic mass is 16.5. The summed E-state index contributed by atoms with van der Waals surface area (Å²) in [5, 5.41) is 10.4. The number of pyridine rings is 1. The zero-order valence-electron chi connectivity index (χ0n) is 14.0. The molecule has 0 fully saturated rings. The van der Waals surface area contributed by atoms with Crippen LogP contribution in [0.3, 0.4) is 0 Å². The third-order valence-electron chi connectivity index (χ3n) is 3.95. The first-order chi connectivity index (χ1) is 12.0. The van der Waals surface area contributed by atoms with Crippen molar-refractivity contribution in [2.45, 2.75) is 6.92 Å². The minimum Gasteiger partial charge on any atom is -0.507 e. The van der Waals surface area contributed by atoms with Gasteiger partial charge in [0.15, 0.2) is 0 Å². The van der Waals surface area contributed by atoms with Gasteiger partial charge < -0.3 is 24.3 Å². The number of benzene rings is 2. The maximum Gasteiger partial charge on any atom is 0.340 e. The first-order valence-electron chi connectivity index (χ1n) is 7.63. The average Bonchev–Trinajstić information content (AvgIpc) is 2.61. The molecule has 0 radical (unpaired) electrons. The molecule has 0 aliphatic carbocycles. The molecule has 0 bridgehead atoms. The SMILES string of the molecule is CCOC(=O)c1ccc(O)c2c(=O)c3c(OC)ccc(OC)c3[nH]c12. The van der Waals surface area contributed by atoms with Crippen molar-refractivity contribution in [1.82, 2.24) is 4.98 Å². The van der Waals surface area contributed by atoms with Gasteiger partial charge in [-0.25, -0.2) is 4.79 Å². The molecule has 7 heteroatoms. The normalized spacial score (nSPS) is 10.8. The third-order valence-corrected chi connectivity index (χ3v) is 3.95. The van der Waals surface area contributed by atoms with Gasteiger partial charge in [0.25, 0.3) is 0 Å². The van der Waals surface area contributed by atoms with Gasteiger partial charge in [-0.2, -0.15) is 0 Å². The van der Waals surface area contributed by atoms with E-state index in [0.717, 1.165) is 0 Å². The lowest BCUT2D eigenvalue weighted by molar-refractivity contribution is 0.0528. The van der Waals surface area contributed by atoms with Crippen molar-refractivity contribution in [2.24, 2.45) is 0 Å². The molecule has 0 saturated heterocycles. The van der Waals surface area contributed by atoms with E-state index in [9.17, 15) is 14.7 Å². The minimum atomic E-state index is -0.593. The second kappa shape index (κ2) is 6.35. The highest BCUT2D eigenvalue weighted by Crippen LogP contribution is 2.34. The number of fused-ring (bicyclic) bond motifs is 2. The predicted octanol–water partition coefficient (Wildman–Crippen LogP) is 2.58. The molecule has 2 N–H and O–H groups in total. The molecule has 1 aromatic heterocycles. The van der Waals surface area contributed by atoms with E-state index >= 15 is 0 Å². The molecular formula is C18H17NO6. The Morgan fingerprint density at radius 2 is 1.72 bits per heavy atom. The molecule has 2 aromatic carbocycles. The van der Waals surface area contributed by atoms with Crippen LogP contribution in [0.4, 0.5) is 0 Å². The number of hydrogen-bond acceptors (Lipinski definition) is 6. The second-order valence-corrected chi connectivity index (χ2v) is 5.28. The molecule has 1 heterocycles. The predicted molar refractivity (Wildman–Crippen MR) is 92.8 cm³/mol. The lowest BCUT2D eigenvalue weighted by Gasteiger charge is -2.13. The van der Waals surface area contributed by atoms with Gasteiger partial charge in [0.2, 0.25) is 5.43 Å². The maximum atomic E-state index is 13.0. The molecule has 7 nitrogen and oxygen atoms in total. The monoisotopic (exact) mass is 343 g/mol. The Morgan fingerprint density at radius 3 is 2.36 bits per heavy atom. The van der Waals surface area contributed by atoms with Crippen molar-refractivity contribution in [1.29, 1.82) is 0 Å². The number of methoxy groups -OCH3 is 2. The summed E-state index contributed by atoms with van der Waals surface area (Å²) in [4.78, 5) is 28.3. The molecule has 0 atom stereocenters. The van der Waals surface area contributed by atoms with Crippen LogP contribution >= 0.6 is 0 Å². The van der Waals surface area contributed by atoms with E-state index in [4.69, 9.17) is 14.2 Å². The van der Waals surface area contributed by atoms with Crippen LogP contribution in [0.2, 0.25) is 0 Å². The zero-order chi connectivity index (χ0) is 18.1. The Hall–Kier alpha value is -3.22. The molecule has 0 aliphatic rings. The first kappa shape index (κ1) is 16.6. The molecule has 3 aromatic rings. The quantitative estimate of drug-likeness (QED) is 0.558. The number of rotatable bonds is 4. The number of nitrogens with one attached hydrogen (secondary N) is 1. The number of aromatic hydroxyl groups is 1. The van der Waals surface area contributed by atoms with Crippen LogP contribution in [0.15, 0.2) is 29.1 Å². The number of H-pyrrole nitrogens is 1. The van der Waals surface area contributed by atoms with Gasteiger partial charge in [0, 0.05) is 0 Å². The number of carbonyl (C=O) groups excluding carboxylic acids is 1. The van der Waals surface area contributed by atoms with Gasteiger partial charge in [0.05, 0.1) is 48.2 Å². The van der Waals surface area contributed by atoms with Crippen molar-refractivity contribution >= 4 is 27.8 Å². The Balaban J connectivity index is 2.53. The Kier molecular flexibility index (Phi) is 4.22. The van der Waals surface area contributed by atoms with Gasteiger partial charge in [-0.15, -0.1) is 0 Å². The first-order valence-corrected chi connectivity index (χ1v) is 7.63. The Labute approximate surface area is 142 Å². The van der Waals surface area contributed by atoms with Crippen LogP contribution in [0, 0.1) is 0 Å². The smallest absolute Gasteiger partial charge is 0.340 e. The van der Waals surface area contributed by atoms with Gasteiger partial charge in [-0.1, -0.05) is 0 Å². The van der Waals surface area contributed by atoms with Crippen LogP contribution in [0.25, 0.3) is 21.8 Å². The summed E-state index contributed by atoms with van der Waals surface area (Å²) in [6.45, 7) is 1.88. The summed E-state index contributed by atoms with van der Waals surface area (Å²) in [5.41, 5.74) is 0.236. The topological polar surface area (TPSA) is 97.8 Å². The summed E-state index contributed by atoms with van der Waals surface area (Å²) >= 11 is 0. The van der Waals surface area contributed by atoms with Crippen molar-refractivity contribution in [2.75, 3.05) is 20.8 Å². The standard InChI is InChI=1S/C18H17NO6/c1-4-25-18(22)9-5-6-10(20)13-15(9)19-16-12(24-3)8-7-11(23-2)14(16)17(13)21/h5-8,20H,4H2,1-3H3,(H,19,21). The van der Waals surface area contributed by atoms with Gasteiger partial charge in [0.1, 0.15) is 17.2 Å². The van der Waals surface area contributed by atoms with E-state index in [0.29, 0.717) is 17.0 Å². The number of esters is 1. The zero-order valence-corrected chi connectivity index (χ0v) is 14.0. The van der Waals surface area contributed by atoms with Crippen LogP contribution in [0.1, 0.15) is 17.3 Å². The van der Waals surface area contributed by atoms with E-state index in [1.54, 1.807) is 19.1 Å². The van der Waals surface area contributed by atoms with Crippen LogP contribution in [-0.4, -0.2) is 36.9 Å². The molecule has 25 heavy (non-hydrogen) atoms. The lowest BCUT2D eigenvalue weighted by atomic mass is 10.0. The van der Waals surface area contributed by atoms with E-state index in [-0.39, 0.29) is 34.2 Å². The number of aromatic amines is 1. The molecule has 0 aliphatic heterocycles. The van der Waals surface area contributed by atoms with Crippen molar-refractivity contribution < 1.29 is 24.1 Å². The van der Waals surface area contributed by atoms with Gasteiger partial charge in [-0.3, -0.25) is 4.79 Å². The molecule has 0 amide bonds. The summed E-state index contributed by atoms with van der Waals surface area (Å²) in [7, 11) is 2.91. The van der Waals surface area contributed by atoms with Crippen LogP contribution in [-0.2, 0) is 4.74 Å². The number of phenols is 1. The third kappa shape index (κ3) is 2.53. The summed E-state index contributed by atoms with van der Waals surface area (Å²) in [5.74, 6) is -0.0896. The summed E-state index contributed by atoms with van der Waals surface area (Å²) in [6.07, 6.45) is 0. The molecular weight excluding hydrogens is 326 g/mol. The van der Waals surface area contributed by atoms with Crippen LogP contribution < -0.4 is 14.9 Å². The fourth-order valence-electron chi connectivity index (χ4n) is 2.83. The van der Waals surface area contributed by atoms with E-state index in [2.05, 4.69) is 4.98 Å². The maximum absolute atomic E-state index is 13.0. The Morgan fingerprint density at radius 1 is 1.04 bits per heavy atom. The largest absolute Gasteiger partial charge is 0.507 e. The van der Waals surface area contributed by atoms with E-state index < -0.39 is 11.4 Å². The number of carbonyl (C=O) groups is 1. The molecule has 130 valence electrons. The van der Waals surface area contributed by atoms with Crippen molar-refractivity contribution in [3.8, 4) is 17.2 Å². The van der Waals surface area contributed by atoms with Crippen LogP contribution in [0.5, 0.6) is 17.2 Å². The summed E-state index contributed by atoms with van der Waals surface area (Å²) < 4.78 is 15.6. The van der Waals surface area contributed by atoms with Crippen molar-refractivity contribution in [3.63, 3.8) is 0 Å². The van der Waals surface area contributed by atoms with Crippen molar-refractivity contribution in [3.05, 3.63) is 40.1 Å². The fraction of sp³-hybridized carbons (Fsp3) is 0.222.